The molecule has 2 aromatic heterocycles. The van der Waals surface area contributed by atoms with Crippen LogP contribution in [0.1, 0.15) is 33.2 Å². The van der Waals surface area contributed by atoms with E-state index in [4.69, 9.17) is 4.74 Å². The van der Waals surface area contributed by atoms with Crippen LogP contribution in [0, 0.1) is 6.92 Å². The van der Waals surface area contributed by atoms with E-state index in [1.165, 1.54) is 30.6 Å². The third-order valence-electron chi connectivity index (χ3n) is 4.77. The number of esters is 1. The number of amides is 1. The van der Waals surface area contributed by atoms with E-state index in [0.29, 0.717) is 11.0 Å². The molecular formula is C22H20N4O5S. The van der Waals surface area contributed by atoms with Crippen molar-refractivity contribution in [1.29, 1.82) is 0 Å². The highest BCUT2D eigenvalue weighted by Crippen LogP contribution is 2.21. The van der Waals surface area contributed by atoms with Crippen LogP contribution in [-0.2, 0) is 14.8 Å². The summed E-state index contributed by atoms with van der Waals surface area (Å²) in [6.07, 6.45) is 2.54. The summed E-state index contributed by atoms with van der Waals surface area (Å²) in [6.45, 7) is 3.80. The van der Waals surface area contributed by atoms with Gasteiger partial charge >= 0.3 is 5.97 Å². The van der Waals surface area contributed by atoms with Crippen molar-refractivity contribution in [2.45, 2.75) is 18.7 Å². The van der Waals surface area contributed by atoms with Crippen LogP contribution in [0.25, 0.3) is 11.0 Å². The lowest BCUT2D eigenvalue weighted by Crippen LogP contribution is -2.14. The van der Waals surface area contributed by atoms with E-state index in [9.17, 15) is 18.0 Å². The van der Waals surface area contributed by atoms with Gasteiger partial charge in [0, 0.05) is 12.4 Å². The molecule has 4 aromatic rings. The normalized spacial score (nSPS) is 11.4. The van der Waals surface area contributed by atoms with Crippen LogP contribution in [0.5, 0.6) is 0 Å². The third kappa shape index (κ3) is 4.00. The highest BCUT2D eigenvalue weighted by Gasteiger charge is 2.20. The molecule has 0 aliphatic rings. The van der Waals surface area contributed by atoms with E-state index in [1.807, 2.05) is 6.92 Å². The molecule has 2 heterocycles. The average molecular weight is 452 g/mol. The fourth-order valence-corrected chi connectivity index (χ4v) is 4.33. The highest BCUT2D eigenvalue weighted by atomic mass is 32.2. The van der Waals surface area contributed by atoms with Crippen LogP contribution in [0.3, 0.4) is 0 Å². The second kappa shape index (κ2) is 8.31. The summed E-state index contributed by atoms with van der Waals surface area (Å²) in [4.78, 5) is 32.1. The molecule has 0 fully saturated rings. The number of fused-ring (bicyclic) bond motifs is 1. The topological polar surface area (TPSA) is 123 Å². The summed E-state index contributed by atoms with van der Waals surface area (Å²) in [6, 6.07) is 12.8. The van der Waals surface area contributed by atoms with Crippen molar-refractivity contribution in [1.82, 2.24) is 13.9 Å². The second-order valence-electron chi connectivity index (χ2n) is 7.01. The molecule has 0 saturated heterocycles. The second-order valence-corrected chi connectivity index (χ2v) is 8.85. The van der Waals surface area contributed by atoms with Gasteiger partial charge in [0.05, 0.1) is 28.1 Å². The van der Waals surface area contributed by atoms with Gasteiger partial charge in [0.15, 0.2) is 0 Å². The molecule has 0 saturated carbocycles. The van der Waals surface area contributed by atoms with Crippen LogP contribution < -0.4 is 5.32 Å². The van der Waals surface area contributed by atoms with Crippen molar-refractivity contribution >= 4 is 38.9 Å². The monoisotopic (exact) mass is 452 g/mol. The maximum absolute atomic E-state index is 12.8. The quantitative estimate of drug-likeness (QED) is 0.433. The fourth-order valence-electron chi connectivity index (χ4n) is 3.14. The van der Waals surface area contributed by atoms with Gasteiger partial charge in [0.2, 0.25) is 5.95 Å². The van der Waals surface area contributed by atoms with Gasteiger partial charge in [0.25, 0.3) is 15.9 Å². The van der Waals surface area contributed by atoms with Gasteiger partial charge in [-0.05, 0) is 44.2 Å². The van der Waals surface area contributed by atoms with Crippen LogP contribution in [0.4, 0.5) is 5.95 Å². The van der Waals surface area contributed by atoms with Gasteiger partial charge in [-0.3, -0.25) is 10.1 Å². The van der Waals surface area contributed by atoms with Gasteiger partial charge in [0.1, 0.15) is 5.52 Å². The molecule has 10 heteroatoms. The number of aryl methyl sites for hydroxylation is 1. The molecule has 0 unspecified atom stereocenters. The average Bonchev–Trinajstić information content (AvgIpc) is 3.41. The summed E-state index contributed by atoms with van der Waals surface area (Å²) >= 11 is 0. The number of ether oxygens (including phenoxy) is 1. The Morgan fingerprint density at radius 2 is 1.88 bits per heavy atom. The van der Waals surface area contributed by atoms with Crippen LogP contribution in [0.2, 0.25) is 0 Å². The first kappa shape index (κ1) is 21.3. The van der Waals surface area contributed by atoms with Gasteiger partial charge in [-0.1, -0.05) is 23.8 Å². The molecular weight excluding hydrogens is 432 g/mol. The zero-order valence-electron chi connectivity index (χ0n) is 17.3. The molecule has 0 spiro atoms. The van der Waals surface area contributed by atoms with Crippen molar-refractivity contribution in [2.75, 3.05) is 11.9 Å². The van der Waals surface area contributed by atoms with E-state index < -0.39 is 21.9 Å². The summed E-state index contributed by atoms with van der Waals surface area (Å²) in [5.74, 6) is -0.948. The Kier molecular flexibility index (Phi) is 5.54. The highest BCUT2D eigenvalue weighted by molar-refractivity contribution is 7.90. The molecule has 9 nitrogen and oxygen atoms in total. The molecule has 164 valence electrons. The first-order valence-corrected chi connectivity index (χ1v) is 11.2. The Bertz CT molecular complexity index is 1420. The zero-order valence-corrected chi connectivity index (χ0v) is 18.1. The Hall–Kier alpha value is -3.92. The number of rotatable bonds is 6. The molecule has 0 radical (unpaired) electrons. The molecule has 0 aliphatic heterocycles. The number of carbonyl (C=O) groups excluding carboxylic acids is 2. The first-order valence-electron chi connectivity index (χ1n) is 9.77. The number of hydrogen-bond acceptors (Lipinski definition) is 6. The third-order valence-corrected chi connectivity index (χ3v) is 6.42. The number of hydrogen-bond donors (Lipinski definition) is 2. The maximum atomic E-state index is 12.8. The number of carbonyl (C=O) groups is 2. The first-order chi connectivity index (χ1) is 15.3. The molecule has 0 atom stereocenters. The molecule has 0 bridgehead atoms. The summed E-state index contributed by atoms with van der Waals surface area (Å²) in [5.41, 5.74) is 2.25. The number of aromatic nitrogens is 3. The van der Waals surface area contributed by atoms with Gasteiger partial charge < -0.3 is 9.72 Å². The van der Waals surface area contributed by atoms with E-state index in [0.717, 1.165) is 9.54 Å². The van der Waals surface area contributed by atoms with Crippen molar-refractivity contribution in [2.24, 2.45) is 0 Å². The minimum absolute atomic E-state index is 0.120. The number of nitrogens with one attached hydrogen (secondary N) is 2. The number of anilines is 1. The molecule has 1 amide bonds. The molecule has 2 N–H and O–H groups in total. The minimum Gasteiger partial charge on any atom is -0.462 e. The van der Waals surface area contributed by atoms with Crippen molar-refractivity contribution in [3.8, 4) is 0 Å². The lowest BCUT2D eigenvalue weighted by Gasteiger charge is -2.05. The van der Waals surface area contributed by atoms with E-state index in [1.54, 1.807) is 37.3 Å². The number of H-pyrrole nitrogens is 1. The summed E-state index contributed by atoms with van der Waals surface area (Å²) in [7, 11) is -3.82. The number of nitrogens with zero attached hydrogens (tertiary/aromatic N) is 2. The van der Waals surface area contributed by atoms with E-state index >= 15 is 0 Å². The lowest BCUT2D eigenvalue weighted by atomic mass is 10.2. The Labute approximate surface area is 184 Å². The largest absolute Gasteiger partial charge is 0.462 e. The molecule has 2 aromatic carbocycles. The van der Waals surface area contributed by atoms with Crippen LogP contribution in [-0.4, -0.2) is 40.8 Å². The summed E-state index contributed by atoms with van der Waals surface area (Å²) in [5, 5.41) is 2.59. The van der Waals surface area contributed by atoms with E-state index in [2.05, 4.69) is 15.3 Å². The van der Waals surface area contributed by atoms with Gasteiger partial charge in [-0.2, -0.15) is 0 Å². The Morgan fingerprint density at radius 1 is 1.12 bits per heavy atom. The Morgan fingerprint density at radius 3 is 2.59 bits per heavy atom. The number of aromatic amines is 1. The fraction of sp³-hybridized carbons (Fsp3) is 0.136. The number of benzene rings is 2. The zero-order chi connectivity index (χ0) is 22.9. The van der Waals surface area contributed by atoms with Gasteiger partial charge in [-0.25, -0.2) is 22.2 Å². The SMILES string of the molecule is CCOC(=O)c1cccc2[nH]c(NC(=O)c3ccn(S(=O)(=O)c4ccc(C)cc4)c3)nc12. The molecule has 32 heavy (non-hydrogen) atoms. The lowest BCUT2D eigenvalue weighted by molar-refractivity contribution is 0.0528. The van der Waals surface area contributed by atoms with E-state index in [-0.39, 0.29) is 28.6 Å². The smallest absolute Gasteiger partial charge is 0.340 e. The minimum atomic E-state index is -3.82. The van der Waals surface area contributed by atoms with Crippen LogP contribution in [0.15, 0.2) is 65.8 Å². The molecule has 0 aliphatic carbocycles. The summed E-state index contributed by atoms with van der Waals surface area (Å²) < 4.78 is 31.6. The standard InChI is InChI=1S/C22H20N4O5S/c1-3-31-21(28)17-5-4-6-18-19(17)24-22(23-18)25-20(27)15-11-12-26(13-15)32(29,30)16-9-7-14(2)8-10-16/h4-13H,3H2,1-2H3,(H2,23,24,25,27). The van der Waals surface area contributed by atoms with Crippen molar-refractivity contribution < 1.29 is 22.7 Å². The van der Waals surface area contributed by atoms with Gasteiger partial charge in [-0.15, -0.1) is 0 Å². The molecule has 4 rings (SSSR count). The predicted octanol–water partition coefficient (Wildman–Crippen LogP) is 3.34. The predicted molar refractivity (Wildman–Crippen MR) is 118 cm³/mol. The number of para-hydroxylation sites is 1. The van der Waals surface area contributed by atoms with Crippen molar-refractivity contribution in [3.63, 3.8) is 0 Å². The Balaban J connectivity index is 1.57. The van der Waals surface area contributed by atoms with Crippen LogP contribution >= 0.6 is 0 Å². The van der Waals surface area contributed by atoms with Crippen molar-refractivity contribution in [3.05, 3.63) is 77.6 Å². The number of imidazole rings is 1. The maximum Gasteiger partial charge on any atom is 0.340 e.